The zero-order valence-corrected chi connectivity index (χ0v) is 18.5. The molecule has 0 atom stereocenters. The van der Waals surface area contributed by atoms with Crippen LogP contribution in [0.3, 0.4) is 0 Å². The lowest BCUT2D eigenvalue weighted by Gasteiger charge is -2.14. The number of rotatable bonds is 6. The minimum Gasteiger partial charge on any atom is -0.481 e. The summed E-state index contributed by atoms with van der Waals surface area (Å²) in [7, 11) is 5.61. The zero-order valence-electron chi connectivity index (χ0n) is 18.5. The van der Waals surface area contributed by atoms with E-state index in [1.165, 1.54) is 11.1 Å². The summed E-state index contributed by atoms with van der Waals surface area (Å²) >= 11 is 0. The van der Waals surface area contributed by atoms with Gasteiger partial charge in [-0.2, -0.15) is 0 Å². The van der Waals surface area contributed by atoms with E-state index in [4.69, 9.17) is 9.72 Å². The molecule has 0 unspecified atom stereocenters. The third-order valence-corrected chi connectivity index (χ3v) is 5.06. The highest BCUT2D eigenvalue weighted by atomic mass is 16.5. The van der Waals surface area contributed by atoms with E-state index in [1.54, 1.807) is 13.3 Å². The molecule has 0 aliphatic carbocycles. The number of hydrogen-bond acceptors (Lipinski definition) is 6. The molecule has 0 saturated heterocycles. The summed E-state index contributed by atoms with van der Waals surface area (Å²) in [6.45, 7) is 4.85. The Morgan fingerprint density at radius 3 is 2.39 bits per heavy atom. The largest absolute Gasteiger partial charge is 0.481 e. The number of ether oxygens (including phenoxy) is 1. The van der Waals surface area contributed by atoms with Gasteiger partial charge in [0.1, 0.15) is 0 Å². The highest BCUT2D eigenvalue weighted by Gasteiger charge is 2.17. The molecule has 0 aliphatic heterocycles. The second kappa shape index (κ2) is 8.65. The van der Waals surface area contributed by atoms with Gasteiger partial charge in [-0.05, 0) is 51.7 Å². The molecule has 7 heteroatoms. The average Bonchev–Trinajstić information content (AvgIpc) is 3.17. The topological polar surface area (TPSA) is 69.0 Å². The third-order valence-electron chi connectivity index (χ3n) is 5.06. The predicted molar refractivity (Wildman–Crippen MR) is 121 cm³/mol. The average molecular weight is 415 g/mol. The van der Waals surface area contributed by atoms with Gasteiger partial charge >= 0.3 is 0 Å². The van der Waals surface area contributed by atoms with E-state index in [2.05, 4.69) is 52.1 Å². The molecular formula is C24H26N6O. The van der Waals surface area contributed by atoms with Crippen LogP contribution in [0.25, 0.3) is 28.3 Å². The maximum absolute atomic E-state index is 5.20. The highest BCUT2D eigenvalue weighted by Crippen LogP contribution is 2.27. The van der Waals surface area contributed by atoms with Crippen molar-refractivity contribution in [1.29, 1.82) is 0 Å². The molecule has 0 aliphatic rings. The molecule has 0 radical (unpaired) electrons. The standard InChI is InChI=1S/C24H26N6O/c1-16-6-9-20(17(2)12-16)21-10-7-18(13-25-21)24-28-27-22(15-29(3)4)30(24)19-8-11-23(31-5)26-14-19/h6-14H,15H2,1-5H3. The number of nitrogens with zero attached hydrogens (tertiary/aromatic N) is 6. The summed E-state index contributed by atoms with van der Waals surface area (Å²) in [4.78, 5) is 11.1. The van der Waals surface area contributed by atoms with Crippen molar-refractivity contribution in [2.75, 3.05) is 21.2 Å². The van der Waals surface area contributed by atoms with Gasteiger partial charge in [-0.1, -0.05) is 23.8 Å². The quantitative estimate of drug-likeness (QED) is 0.474. The Bertz CT molecular complexity index is 1180. The zero-order chi connectivity index (χ0) is 22.0. The molecule has 31 heavy (non-hydrogen) atoms. The molecule has 0 bridgehead atoms. The van der Waals surface area contributed by atoms with Crippen LogP contribution in [0.4, 0.5) is 0 Å². The van der Waals surface area contributed by atoms with Crippen LogP contribution in [0.1, 0.15) is 17.0 Å². The van der Waals surface area contributed by atoms with Gasteiger partial charge < -0.3 is 9.64 Å². The van der Waals surface area contributed by atoms with Crippen molar-refractivity contribution < 1.29 is 4.74 Å². The van der Waals surface area contributed by atoms with Gasteiger partial charge in [-0.3, -0.25) is 9.55 Å². The second-order valence-electron chi connectivity index (χ2n) is 7.82. The smallest absolute Gasteiger partial charge is 0.213 e. The fraction of sp³-hybridized carbons (Fsp3) is 0.250. The molecule has 3 aromatic heterocycles. The van der Waals surface area contributed by atoms with Crippen LogP contribution >= 0.6 is 0 Å². The van der Waals surface area contributed by atoms with Crippen LogP contribution < -0.4 is 4.74 Å². The molecule has 4 aromatic rings. The van der Waals surface area contributed by atoms with Gasteiger partial charge in [0.15, 0.2) is 11.6 Å². The van der Waals surface area contributed by atoms with Crippen LogP contribution in [-0.2, 0) is 6.54 Å². The minimum atomic E-state index is 0.562. The SMILES string of the molecule is COc1ccc(-n2c(CN(C)C)nnc2-c2ccc(-c3ccc(C)cc3C)nc2)cn1. The number of aromatic nitrogens is 5. The van der Waals surface area contributed by atoms with Crippen LogP contribution in [0.5, 0.6) is 5.88 Å². The van der Waals surface area contributed by atoms with E-state index in [0.29, 0.717) is 12.4 Å². The summed E-state index contributed by atoms with van der Waals surface area (Å²) in [5, 5.41) is 8.92. The van der Waals surface area contributed by atoms with Crippen molar-refractivity contribution in [3.05, 3.63) is 71.8 Å². The molecule has 0 fully saturated rings. The Balaban J connectivity index is 1.75. The highest BCUT2D eigenvalue weighted by molar-refractivity contribution is 5.67. The van der Waals surface area contributed by atoms with E-state index < -0.39 is 0 Å². The Hall–Kier alpha value is -3.58. The van der Waals surface area contributed by atoms with Gasteiger partial charge in [0.25, 0.3) is 0 Å². The monoisotopic (exact) mass is 414 g/mol. The molecule has 0 N–H and O–H groups in total. The molecule has 0 amide bonds. The summed E-state index contributed by atoms with van der Waals surface area (Å²) in [5.41, 5.74) is 6.28. The minimum absolute atomic E-state index is 0.562. The Kier molecular flexibility index (Phi) is 5.77. The third kappa shape index (κ3) is 4.32. The summed E-state index contributed by atoms with van der Waals surface area (Å²) in [6, 6.07) is 14.3. The molecular weight excluding hydrogens is 388 g/mol. The van der Waals surface area contributed by atoms with E-state index in [0.717, 1.165) is 34.2 Å². The first-order valence-corrected chi connectivity index (χ1v) is 10.1. The predicted octanol–water partition coefficient (Wildman–Crippen LogP) is 4.08. The van der Waals surface area contributed by atoms with Gasteiger partial charge in [-0.25, -0.2) is 4.98 Å². The van der Waals surface area contributed by atoms with Crippen molar-refractivity contribution in [3.63, 3.8) is 0 Å². The summed E-state index contributed by atoms with van der Waals surface area (Å²) < 4.78 is 7.21. The number of benzene rings is 1. The molecule has 3 heterocycles. The Morgan fingerprint density at radius 1 is 0.935 bits per heavy atom. The van der Waals surface area contributed by atoms with Gasteiger partial charge in [0.2, 0.25) is 5.88 Å². The van der Waals surface area contributed by atoms with E-state index in [1.807, 2.05) is 49.1 Å². The fourth-order valence-electron chi connectivity index (χ4n) is 3.57. The van der Waals surface area contributed by atoms with Crippen molar-refractivity contribution >= 4 is 0 Å². The molecule has 4 rings (SSSR count). The van der Waals surface area contributed by atoms with Crippen molar-refractivity contribution in [2.45, 2.75) is 20.4 Å². The van der Waals surface area contributed by atoms with E-state index >= 15 is 0 Å². The lowest BCUT2D eigenvalue weighted by molar-refractivity contribution is 0.386. The van der Waals surface area contributed by atoms with E-state index in [9.17, 15) is 0 Å². The normalized spacial score (nSPS) is 11.2. The van der Waals surface area contributed by atoms with Crippen molar-refractivity contribution in [3.8, 4) is 34.2 Å². The van der Waals surface area contributed by atoms with Gasteiger partial charge in [-0.15, -0.1) is 10.2 Å². The van der Waals surface area contributed by atoms with Crippen LogP contribution in [0.2, 0.25) is 0 Å². The fourth-order valence-corrected chi connectivity index (χ4v) is 3.57. The number of aryl methyl sites for hydroxylation is 2. The van der Waals surface area contributed by atoms with Gasteiger partial charge in [0.05, 0.1) is 31.2 Å². The van der Waals surface area contributed by atoms with Crippen LogP contribution in [-0.4, -0.2) is 50.8 Å². The summed E-state index contributed by atoms with van der Waals surface area (Å²) in [5.74, 6) is 2.11. The van der Waals surface area contributed by atoms with E-state index in [-0.39, 0.29) is 0 Å². The molecule has 0 spiro atoms. The van der Waals surface area contributed by atoms with Crippen molar-refractivity contribution in [1.82, 2.24) is 29.6 Å². The summed E-state index contributed by atoms with van der Waals surface area (Å²) in [6.07, 6.45) is 3.62. The van der Waals surface area contributed by atoms with Crippen molar-refractivity contribution in [2.24, 2.45) is 0 Å². The lowest BCUT2D eigenvalue weighted by Crippen LogP contribution is -2.15. The van der Waals surface area contributed by atoms with Crippen LogP contribution in [0, 0.1) is 13.8 Å². The number of pyridine rings is 2. The number of hydrogen-bond donors (Lipinski definition) is 0. The van der Waals surface area contributed by atoms with Crippen LogP contribution in [0.15, 0.2) is 54.9 Å². The first-order valence-electron chi connectivity index (χ1n) is 10.1. The molecule has 1 aromatic carbocycles. The second-order valence-corrected chi connectivity index (χ2v) is 7.82. The van der Waals surface area contributed by atoms with Gasteiger partial charge in [0, 0.05) is 23.4 Å². The number of methoxy groups -OCH3 is 1. The molecule has 0 saturated carbocycles. The Morgan fingerprint density at radius 2 is 1.77 bits per heavy atom. The lowest BCUT2D eigenvalue weighted by atomic mass is 10.0. The molecule has 158 valence electrons. The maximum Gasteiger partial charge on any atom is 0.213 e. The first-order chi connectivity index (χ1) is 15.0. The Labute approximate surface area is 182 Å². The molecule has 7 nitrogen and oxygen atoms in total. The maximum atomic E-state index is 5.20. The first kappa shape index (κ1) is 20.7.